The minimum absolute atomic E-state index is 0.529. The number of hydrogen-bond acceptors (Lipinski definition) is 9. The standard InChI is InChI=1S/C26H39N3O6/c1-30-25-6-4-3-5-23(25)28-9-13-32-17-19-34-15-11-29(12-16-35-20-18-33-14-10-28)24-8-7-22(27)21-26(24)31-2/h3-8,21H,9-20,27H2,1-2H3. The molecule has 0 radical (unpaired) electrons. The maximum atomic E-state index is 5.93. The molecule has 0 saturated carbocycles. The third-order valence-corrected chi connectivity index (χ3v) is 5.74. The van der Waals surface area contributed by atoms with Gasteiger partial charge < -0.3 is 44.0 Å². The van der Waals surface area contributed by atoms with E-state index >= 15 is 0 Å². The molecular formula is C26H39N3O6. The number of nitrogens with zero attached hydrogens (tertiary/aromatic N) is 2. The molecule has 2 aromatic rings. The number of nitrogens with two attached hydrogens (primary N) is 1. The minimum atomic E-state index is 0.529. The van der Waals surface area contributed by atoms with Crippen LogP contribution in [0.3, 0.4) is 0 Å². The van der Waals surface area contributed by atoms with Crippen molar-refractivity contribution in [2.75, 3.05) is 109 Å². The highest BCUT2D eigenvalue weighted by molar-refractivity contribution is 5.64. The molecule has 3 rings (SSSR count). The molecule has 1 aliphatic rings. The van der Waals surface area contributed by atoms with E-state index in [4.69, 9.17) is 34.2 Å². The van der Waals surface area contributed by atoms with Crippen LogP contribution in [0.25, 0.3) is 0 Å². The molecular weight excluding hydrogens is 450 g/mol. The molecule has 0 aliphatic carbocycles. The number of hydrogen-bond donors (Lipinski definition) is 1. The summed E-state index contributed by atoms with van der Waals surface area (Å²) in [6, 6.07) is 13.7. The summed E-state index contributed by atoms with van der Waals surface area (Å²) < 4.78 is 34.5. The van der Waals surface area contributed by atoms with E-state index in [9.17, 15) is 0 Å². The first-order chi connectivity index (χ1) is 17.2. The maximum absolute atomic E-state index is 5.93. The molecule has 0 aromatic heterocycles. The van der Waals surface area contributed by atoms with Crippen LogP contribution in [-0.4, -0.2) is 93.3 Å². The zero-order valence-electron chi connectivity index (χ0n) is 20.9. The molecule has 0 unspecified atom stereocenters. The van der Waals surface area contributed by atoms with Gasteiger partial charge in [0.2, 0.25) is 0 Å². The van der Waals surface area contributed by atoms with Gasteiger partial charge in [-0.05, 0) is 24.3 Å². The molecule has 0 spiro atoms. The molecule has 1 fully saturated rings. The lowest BCUT2D eigenvalue weighted by molar-refractivity contribution is 0.0435. The fourth-order valence-electron chi connectivity index (χ4n) is 3.89. The van der Waals surface area contributed by atoms with E-state index < -0.39 is 0 Å². The first kappa shape index (κ1) is 26.9. The van der Waals surface area contributed by atoms with Gasteiger partial charge in [0, 0.05) is 37.9 Å². The monoisotopic (exact) mass is 489 g/mol. The first-order valence-corrected chi connectivity index (χ1v) is 12.1. The van der Waals surface area contributed by atoms with Crippen molar-refractivity contribution in [1.29, 1.82) is 0 Å². The number of ether oxygens (including phenoxy) is 6. The average Bonchev–Trinajstić information content (AvgIpc) is 2.88. The summed E-state index contributed by atoms with van der Waals surface area (Å²) in [6.45, 7) is 7.26. The largest absolute Gasteiger partial charge is 0.495 e. The molecule has 35 heavy (non-hydrogen) atoms. The maximum Gasteiger partial charge on any atom is 0.144 e. The fraction of sp³-hybridized carbons (Fsp3) is 0.538. The lowest BCUT2D eigenvalue weighted by atomic mass is 10.2. The van der Waals surface area contributed by atoms with Gasteiger partial charge in [-0.15, -0.1) is 0 Å². The lowest BCUT2D eigenvalue weighted by Gasteiger charge is -2.27. The van der Waals surface area contributed by atoms with Crippen molar-refractivity contribution in [2.45, 2.75) is 0 Å². The van der Waals surface area contributed by atoms with Crippen molar-refractivity contribution in [2.24, 2.45) is 0 Å². The zero-order valence-corrected chi connectivity index (χ0v) is 20.9. The van der Waals surface area contributed by atoms with E-state index in [2.05, 4.69) is 15.9 Å². The second kappa shape index (κ2) is 15.3. The summed E-state index contributed by atoms with van der Waals surface area (Å²) in [4.78, 5) is 4.41. The summed E-state index contributed by atoms with van der Waals surface area (Å²) in [5, 5.41) is 0. The molecule has 194 valence electrons. The summed E-state index contributed by atoms with van der Waals surface area (Å²) in [5.41, 5.74) is 8.59. The predicted molar refractivity (Wildman–Crippen MR) is 138 cm³/mol. The Balaban J connectivity index is 1.56. The van der Waals surface area contributed by atoms with Crippen LogP contribution in [0.1, 0.15) is 0 Å². The lowest BCUT2D eigenvalue weighted by Crippen LogP contribution is -2.33. The van der Waals surface area contributed by atoms with Gasteiger partial charge in [-0.2, -0.15) is 0 Å². The summed E-state index contributed by atoms with van der Waals surface area (Å²) in [5.74, 6) is 1.57. The topological polar surface area (TPSA) is 87.9 Å². The first-order valence-electron chi connectivity index (χ1n) is 12.1. The van der Waals surface area contributed by atoms with Gasteiger partial charge in [0.15, 0.2) is 0 Å². The molecule has 1 aliphatic heterocycles. The summed E-state index contributed by atoms with van der Waals surface area (Å²) >= 11 is 0. The minimum Gasteiger partial charge on any atom is -0.495 e. The Bertz CT molecular complexity index is 849. The van der Waals surface area contributed by atoms with Crippen LogP contribution in [0.2, 0.25) is 0 Å². The van der Waals surface area contributed by atoms with Crippen molar-refractivity contribution in [3.05, 3.63) is 42.5 Å². The molecule has 0 bridgehead atoms. The Hall–Kier alpha value is -2.72. The second-order valence-corrected chi connectivity index (χ2v) is 8.03. The molecule has 1 heterocycles. The van der Waals surface area contributed by atoms with Crippen molar-refractivity contribution in [1.82, 2.24) is 0 Å². The third-order valence-electron chi connectivity index (χ3n) is 5.74. The van der Waals surface area contributed by atoms with Crippen LogP contribution in [0.15, 0.2) is 42.5 Å². The van der Waals surface area contributed by atoms with Gasteiger partial charge in [-0.1, -0.05) is 12.1 Å². The Labute approximate surface area is 208 Å². The normalized spacial score (nSPS) is 17.9. The second-order valence-electron chi connectivity index (χ2n) is 8.03. The van der Waals surface area contributed by atoms with E-state index in [-0.39, 0.29) is 0 Å². The SMILES string of the molecule is COc1ccccc1N1CCOCCOCCN(c2ccc(N)cc2OC)CCOCCOCC1. The van der Waals surface area contributed by atoms with Crippen molar-refractivity contribution in [3.8, 4) is 11.5 Å². The van der Waals surface area contributed by atoms with E-state index in [1.165, 1.54) is 0 Å². The highest BCUT2D eigenvalue weighted by Crippen LogP contribution is 2.30. The van der Waals surface area contributed by atoms with E-state index in [0.717, 1.165) is 36.0 Å². The summed E-state index contributed by atoms with van der Waals surface area (Å²) in [7, 11) is 3.34. The number of methoxy groups -OCH3 is 2. The van der Waals surface area contributed by atoms with Gasteiger partial charge in [0.1, 0.15) is 11.5 Å². The van der Waals surface area contributed by atoms with Crippen LogP contribution in [-0.2, 0) is 18.9 Å². The molecule has 2 aromatic carbocycles. The van der Waals surface area contributed by atoms with Crippen molar-refractivity contribution in [3.63, 3.8) is 0 Å². The quantitative estimate of drug-likeness (QED) is 0.651. The van der Waals surface area contributed by atoms with Crippen LogP contribution in [0.4, 0.5) is 17.1 Å². The molecule has 9 heteroatoms. The molecule has 2 N–H and O–H groups in total. The number of nitrogen functional groups attached to an aromatic ring is 1. The van der Waals surface area contributed by atoms with Crippen LogP contribution in [0.5, 0.6) is 11.5 Å². The van der Waals surface area contributed by atoms with E-state index in [1.807, 2.05) is 36.4 Å². The predicted octanol–water partition coefficient (Wildman–Crippen LogP) is 2.68. The van der Waals surface area contributed by atoms with Crippen LogP contribution < -0.4 is 25.0 Å². The van der Waals surface area contributed by atoms with Crippen molar-refractivity contribution >= 4 is 17.1 Å². The highest BCUT2D eigenvalue weighted by atomic mass is 16.5. The van der Waals surface area contributed by atoms with Crippen molar-refractivity contribution < 1.29 is 28.4 Å². The van der Waals surface area contributed by atoms with E-state index in [0.29, 0.717) is 71.6 Å². The fourth-order valence-corrected chi connectivity index (χ4v) is 3.89. The Morgan fingerprint density at radius 3 is 1.54 bits per heavy atom. The molecule has 9 nitrogen and oxygen atoms in total. The van der Waals surface area contributed by atoms with Gasteiger partial charge in [-0.25, -0.2) is 0 Å². The van der Waals surface area contributed by atoms with Crippen LogP contribution in [0, 0.1) is 0 Å². The Morgan fingerprint density at radius 2 is 1.06 bits per heavy atom. The van der Waals surface area contributed by atoms with Gasteiger partial charge in [0.05, 0.1) is 78.4 Å². The Morgan fingerprint density at radius 1 is 0.600 bits per heavy atom. The van der Waals surface area contributed by atoms with Gasteiger partial charge in [0.25, 0.3) is 0 Å². The number of benzene rings is 2. The van der Waals surface area contributed by atoms with Crippen LogP contribution >= 0.6 is 0 Å². The molecule has 0 atom stereocenters. The van der Waals surface area contributed by atoms with E-state index in [1.54, 1.807) is 14.2 Å². The molecule has 0 amide bonds. The van der Waals surface area contributed by atoms with Gasteiger partial charge in [-0.3, -0.25) is 0 Å². The van der Waals surface area contributed by atoms with Gasteiger partial charge >= 0.3 is 0 Å². The average molecular weight is 490 g/mol. The third kappa shape index (κ3) is 8.78. The smallest absolute Gasteiger partial charge is 0.144 e. The number of anilines is 3. The number of rotatable bonds is 4. The zero-order chi connectivity index (χ0) is 24.7. The highest BCUT2D eigenvalue weighted by Gasteiger charge is 2.14. The number of para-hydroxylation sites is 2. The summed E-state index contributed by atoms with van der Waals surface area (Å²) in [6.07, 6.45) is 0. The Kier molecular flexibility index (Phi) is 11.8. The molecule has 1 saturated heterocycles.